The van der Waals surface area contributed by atoms with E-state index in [1.54, 1.807) is 0 Å². The van der Waals surface area contributed by atoms with Crippen LogP contribution in [0.15, 0.2) is 48.6 Å². The van der Waals surface area contributed by atoms with Crippen molar-refractivity contribution in [1.29, 1.82) is 0 Å². The van der Waals surface area contributed by atoms with Crippen LogP contribution < -0.4 is 0 Å². The fraction of sp³-hybridized carbons (Fsp3) is 0.312. The van der Waals surface area contributed by atoms with E-state index in [9.17, 15) is 4.79 Å². The van der Waals surface area contributed by atoms with Gasteiger partial charge in [0, 0.05) is 11.5 Å². The first-order valence-corrected chi connectivity index (χ1v) is 5.97. The fourth-order valence-electron chi connectivity index (χ4n) is 1.83. The molecule has 2 nitrogen and oxygen atoms in total. The van der Waals surface area contributed by atoms with E-state index in [4.69, 9.17) is 5.11 Å². The molecule has 0 aromatic heterocycles. The minimum atomic E-state index is -0.937. The van der Waals surface area contributed by atoms with Crippen molar-refractivity contribution < 1.29 is 9.90 Å². The highest BCUT2D eigenvalue weighted by molar-refractivity contribution is 5.87. The van der Waals surface area contributed by atoms with Gasteiger partial charge in [-0.05, 0) is 11.0 Å². The summed E-state index contributed by atoms with van der Waals surface area (Å²) >= 11 is 0. The second kappa shape index (κ2) is 5.67. The van der Waals surface area contributed by atoms with Gasteiger partial charge in [-0.3, -0.25) is 0 Å². The number of aliphatic carboxylic acids is 1. The average Bonchev–Trinajstić information content (AvgIpc) is 2.28. The van der Waals surface area contributed by atoms with Crippen molar-refractivity contribution in [2.75, 3.05) is 0 Å². The summed E-state index contributed by atoms with van der Waals surface area (Å²) in [6, 6.07) is 9.84. The Balaban J connectivity index is 2.97. The van der Waals surface area contributed by atoms with Crippen molar-refractivity contribution in [2.24, 2.45) is 11.3 Å². The van der Waals surface area contributed by atoms with Crippen LogP contribution in [-0.2, 0) is 4.79 Å². The van der Waals surface area contributed by atoms with Crippen LogP contribution in [0.1, 0.15) is 26.3 Å². The zero-order valence-corrected chi connectivity index (χ0v) is 11.2. The van der Waals surface area contributed by atoms with Crippen LogP contribution >= 0.6 is 0 Å². The molecule has 1 atom stereocenters. The van der Waals surface area contributed by atoms with E-state index in [2.05, 4.69) is 6.58 Å². The lowest BCUT2D eigenvalue weighted by Crippen LogP contribution is -2.23. The Bertz CT molecular complexity index is 450. The van der Waals surface area contributed by atoms with Crippen molar-refractivity contribution in [2.45, 2.75) is 20.8 Å². The predicted octanol–water partition coefficient (Wildman–Crippen LogP) is 4.00. The number of carbonyl (C=O) groups is 1. The molecule has 0 radical (unpaired) electrons. The minimum absolute atomic E-state index is 0.166. The van der Waals surface area contributed by atoms with Crippen LogP contribution in [0.25, 0.3) is 6.08 Å². The van der Waals surface area contributed by atoms with Crippen molar-refractivity contribution in [3.05, 3.63) is 54.1 Å². The summed E-state index contributed by atoms with van der Waals surface area (Å²) in [6.07, 6.45) is 3.87. The summed E-state index contributed by atoms with van der Waals surface area (Å²) in [5.74, 6) is -1.12. The molecule has 0 bridgehead atoms. The lowest BCUT2D eigenvalue weighted by molar-refractivity contribution is -0.133. The van der Waals surface area contributed by atoms with E-state index in [-0.39, 0.29) is 16.9 Å². The third kappa shape index (κ3) is 3.88. The molecule has 18 heavy (non-hydrogen) atoms. The van der Waals surface area contributed by atoms with Crippen LogP contribution in [0.3, 0.4) is 0 Å². The highest BCUT2D eigenvalue weighted by Crippen LogP contribution is 2.33. The topological polar surface area (TPSA) is 37.3 Å². The standard InChI is InChI=1S/C16H20O2/c1-12(15(17)18)14(16(2,3)4)11-10-13-8-6-5-7-9-13/h5-11,14H,1H2,2-4H3,(H,17,18). The van der Waals surface area contributed by atoms with Crippen molar-refractivity contribution in [1.82, 2.24) is 0 Å². The van der Waals surface area contributed by atoms with E-state index < -0.39 is 5.97 Å². The monoisotopic (exact) mass is 244 g/mol. The lowest BCUT2D eigenvalue weighted by atomic mass is 9.76. The molecule has 1 aromatic rings. The molecule has 1 N–H and O–H groups in total. The third-order valence-corrected chi connectivity index (χ3v) is 2.86. The van der Waals surface area contributed by atoms with Gasteiger partial charge in [-0.15, -0.1) is 0 Å². The maximum atomic E-state index is 11.1. The zero-order valence-electron chi connectivity index (χ0n) is 11.2. The first-order valence-electron chi connectivity index (χ1n) is 5.97. The molecule has 0 saturated heterocycles. The van der Waals surface area contributed by atoms with Gasteiger partial charge in [-0.2, -0.15) is 0 Å². The summed E-state index contributed by atoms with van der Waals surface area (Å²) in [5.41, 5.74) is 1.13. The Morgan fingerprint density at radius 2 is 1.83 bits per heavy atom. The van der Waals surface area contributed by atoms with Crippen LogP contribution in [0, 0.1) is 11.3 Å². The summed E-state index contributed by atoms with van der Waals surface area (Å²) < 4.78 is 0. The number of carboxylic acid groups (broad SMARTS) is 1. The molecule has 1 aromatic carbocycles. The predicted molar refractivity (Wildman–Crippen MR) is 75.2 cm³/mol. The number of rotatable bonds is 4. The zero-order chi connectivity index (χ0) is 13.8. The van der Waals surface area contributed by atoms with Crippen molar-refractivity contribution >= 4 is 12.0 Å². The van der Waals surface area contributed by atoms with Gasteiger partial charge in [0.05, 0.1) is 0 Å². The number of carboxylic acids is 1. The molecule has 0 saturated carbocycles. The van der Waals surface area contributed by atoms with Gasteiger partial charge in [0.2, 0.25) is 0 Å². The highest BCUT2D eigenvalue weighted by Gasteiger charge is 2.28. The van der Waals surface area contributed by atoms with Crippen LogP contribution in [-0.4, -0.2) is 11.1 Å². The second-order valence-corrected chi connectivity index (χ2v) is 5.44. The van der Waals surface area contributed by atoms with E-state index in [0.717, 1.165) is 5.56 Å². The normalized spacial score (nSPS) is 13.5. The van der Waals surface area contributed by atoms with Gasteiger partial charge in [0.25, 0.3) is 0 Å². The van der Waals surface area contributed by atoms with E-state index in [1.807, 2.05) is 63.3 Å². The maximum absolute atomic E-state index is 11.1. The average molecular weight is 244 g/mol. The minimum Gasteiger partial charge on any atom is -0.478 e. The van der Waals surface area contributed by atoms with Crippen molar-refractivity contribution in [3.63, 3.8) is 0 Å². The number of allylic oxidation sites excluding steroid dienone is 1. The van der Waals surface area contributed by atoms with Crippen molar-refractivity contribution in [3.8, 4) is 0 Å². The molecule has 2 heteroatoms. The van der Waals surface area contributed by atoms with Gasteiger partial charge in [-0.25, -0.2) is 4.79 Å². The van der Waals surface area contributed by atoms with Crippen LogP contribution in [0.5, 0.6) is 0 Å². The molecular weight excluding hydrogens is 224 g/mol. The quantitative estimate of drug-likeness (QED) is 0.813. The molecule has 1 rings (SSSR count). The molecular formula is C16H20O2. The highest BCUT2D eigenvalue weighted by atomic mass is 16.4. The molecule has 0 heterocycles. The Hall–Kier alpha value is -1.83. The number of hydrogen-bond donors (Lipinski definition) is 1. The molecule has 0 aliphatic heterocycles. The molecule has 0 aliphatic carbocycles. The third-order valence-electron chi connectivity index (χ3n) is 2.86. The van der Waals surface area contributed by atoms with E-state index >= 15 is 0 Å². The number of hydrogen-bond acceptors (Lipinski definition) is 1. The van der Waals surface area contributed by atoms with Gasteiger partial charge in [0.1, 0.15) is 0 Å². The van der Waals surface area contributed by atoms with E-state index in [1.165, 1.54) is 0 Å². The summed E-state index contributed by atoms with van der Waals surface area (Å²) in [6.45, 7) is 9.73. The van der Waals surface area contributed by atoms with Crippen LogP contribution in [0.4, 0.5) is 0 Å². The largest absolute Gasteiger partial charge is 0.478 e. The number of benzene rings is 1. The van der Waals surface area contributed by atoms with E-state index in [0.29, 0.717) is 0 Å². The van der Waals surface area contributed by atoms with Gasteiger partial charge in [-0.1, -0.05) is 69.8 Å². The summed E-state index contributed by atoms with van der Waals surface area (Å²) in [4.78, 5) is 11.1. The second-order valence-electron chi connectivity index (χ2n) is 5.44. The summed E-state index contributed by atoms with van der Waals surface area (Å²) in [5, 5.41) is 9.08. The van der Waals surface area contributed by atoms with Gasteiger partial charge in [0.15, 0.2) is 0 Å². The molecule has 0 aliphatic rings. The fourth-order valence-corrected chi connectivity index (χ4v) is 1.83. The maximum Gasteiger partial charge on any atom is 0.331 e. The molecule has 1 unspecified atom stereocenters. The Morgan fingerprint density at radius 1 is 1.28 bits per heavy atom. The smallest absolute Gasteiger partial charge is 0.331 e. The Morgan fingerprint density at radius 3 is 2.28 bits per heavy atom. The molecule has 96 valence electrons. The summed E-state index contributed by atoms with van der Waals surface area (Å²) in [7, 11) is 0. The first-order chi connectivity index (χ1) is 8.32. The Kier molecular flexibility index (Phi) is 4.49. The first kappa shape index (κ1) is 14.2. The lowest BCUT2D eigenvalue weighted by Gasteiger charge is -2.28. The van der Waals surface area contributed by atoms with Gasteiger partial charge < -0.3 is 5.11 Å². The van der Waals surface area contributed by atoms with Gasteiger partial charge >= 0.3 is 5.97 Å². The SMILES string of the molecule is C=C(C(=O)O)C(C=Cc1ccccc1)C(C)(C)C. The molecule has 0 spiro atoms. The van der Waals surface area contributed by atoms with Crippen LogP contribution in [0.2, 0.25) is 0 Å². The Labute approximate surface area is 109 Å². The molecule has 0 fully saturated rings. The molecule has 0 amide bonds.